The highest BCUT2D eigenvalue weighted by Crippen LogP contribution is 2.40. The molecule has 4 aromatic rings. The first-order valence-electron chi connectivity index (χ1n) is 10.6. The number of nitrogens with zero attached hydrogens (tertiary/aromatic N) is 6. The Balaban J connectivity index is 1.82. The number of esters is 1. The SMILES string of the molecule is CCOC(=O)c1cnn(-c2nc(OC)c3c(cnn3[C@@H](C)c3cc(C(F)(F)F)ccc3C(F)(F)F)n2)c1. The van der Waals surface area contributed by atoms with Crippen LogP contribution in [0.1, 0.15) is 46.9 Å². The molecule has 15 heteroatoms. The molecule has 0 saturated heterocycles. The topological polar surface area (TPSA) is 97.0 Å². The number of carbonyl (C=O) groups is 1. The molecule has 0 fully saturated rings. The van der Waals surface area contributed by atoms with Crippen LogP contribution in [0.25, 0.3) is 17.0 Å². The van der Waals surface area contributed by atoms with Crippen molar-refractivity contribution in [1.82, 2.24) is 29.5 Å². The van der Waals surface area contributed by atoms with Crippen molar-refractivity contribution in [3.05, 3.63) is 59.0 Å². The third-order valence-corrected chi connectivity index (χ3v) is 5.39. The van der Waals surface area contributed by atoms with Gasteiger partial charge in [0, 0.05) is 6.20 Å². The second-order valence-corrected chi connectivity index (χ2v) is 7.72. The van der Waals surface area contributed by atoms with Crippen molar-refractivity contribution in [1.29, 1.82) is 0 Å². The molecule has 196 valence electrons. The molecule has 4 rings (SSSR count). The Morgan fingerprint density at radius 1 is 1.05 bits per heavy atom. The van der Waals surface area contributed by atoms with E-state index in [1.165, 1.54) is 32.6 Å². The first-order valence-corrected chi connectivity index (χ1v) is 10.6. The highest BCUT2D eigenvalue weighted by atomic mass is 19.4. The summed E-state index contributed by atoms with van der Waals surface area (Å²) in [5, 5.41) is 8.08. The molecule has 3 aromatic heterocycles. The fourth-order valence-electron chi connectivity index (χ4n) is 3.68. The van der Waals surface area contributed by atoms with E-state index in [1.807, 2.05) is 0 Å². The minimum atomic E-state index is -4.92. The summed E-state index contributed by atoms with van der Waals surface area (Å²) < 4.78 is 93.3. The number of aromatic nitrogens is 6. The summed E-state index contributed by atoms with van der Waals surface area (Å²) in [7, 11) is 1.24. The van der Waals surface area contributed by atoms with Crippen molar-refractivity contribution >= 4 is 17.0 Å². The lowest BCUT2D eigenvalue weighted by molar-refractivity contribution is -0.142. The Morgan fingerprint density at radius 2 is 1.78 bits per heavy atom. The van der Waals surface area contributed by atoms with Crippen LogP contribution in [-0.2, 0) is 17.1 Å². The molecule has 0 N–H and O–H groups in total. The molecule has 0 spiro atoms. The van der Waals surface area contributed by atoms with Gasteiger partial charge in [0.15, 0.2) is 0 Å². The molecule has 0 bridgehead atoms. The number of alkyl halides is 6. The van der Waals surface area contributed by atoms with Gasteiger partial charge in [0.1, 0.15) is 11.0 Å². The molecule has 0 aliphatic carbocycles. The number of hydrogen-bond donors (Lipinski definition) is 0. The summed E-state index contributed by atoms with van der Waals surface area (Å²) in [6, 6.07) is -0.0981. The van der Waals surface area contributed by atoms with Gasteiger partial charge in [-0.05, 0) is 37.6 Å². The number of ether oxygens (including phenoxy) is 2. The summed E-state index contributed by atoms with van der Waals surface area (Å²) >= 11 is 0. The molecule has 9 nitrogen and oxygen atoms in total. The molecule has 3 heterocycles. The van der Waals surface area contributed by atoms with Gasteiger partial charge in [-0.1, -0.05) is 0 Å². The highest BCUT2D eigenvalue weighted by molar-refractivity contribution is 5.88. The zero-order chi connectivity index (χ0) is 27.1. The fraction of sp³-hybridized carbons (Fsp3) is 0.318. The quantitative estimate of drug-likeness (QED) is 0.261. The molecule has 0 saturated carbocycles. The second kappa shape index (κ2) is 9.37. The van der Waals surface area contributed by atoms with E-state index in [2.05, 4.69) is 20.2 Å². The van der Waals surface area contributed by atoms with Gasteiger partial charge in [0.05, 0.1) is 48.8 Å². The summed E-state index contributed by atoms with van der Waals surface area (Å²) in [5.74, 6) is -0.801. The molecular formula is C22H18F6N6O3. The Bertz CT molecular complexity index is 1460. The second-order valence-electron chi connectivity index (χ2n) is 7.72. The molecule has 0 aliphatic heterocycles. The van der Waals surface area contributed by atoms with Crippen molar-refractivity contribution in [2.24, 2.45) is 0 Å². The number of hydrogen-bond acceptors (Lipinski definition) is 7. The third kappa shape index (κ3) is 4.93. The Kier molecular flexibility index (Phi) is 6.56. The minimum absolute atomic E-state index is 0.0436. The van der Waals surface area contributed by atoms with Crippen molar-refractivity contribution in [2.45, 2.75) is 32.2 Å². The lowest BCUT2D eigenvalue weighted by Gasteiger charge is -2.21. The van der Waals surface area contributed by atoms with Crippen molar-refractivity contribution in [2.75, 3.05) is 13.7 Å². The van der Waals surface area contributed by atoms with Gasteiger partial charge in [-0.25, -0.2) is 14.5 Å². The lowest BCUT2D eigenvalue weighted by atomic mass is 9.97. The zero-order valence-electron chi connectivity index (χ0n) is 19.4. The fourth-order valence-corrected chi connectivity index (χ4v) is 3.68. The third-order valence-electron chi connectivity index (χ3n) is 5.39. The summed E-state index contributed by atoms with van der Waals surface area (Å²) in [6.45, 7) is 3.06. The van der Waals surface area contributed by atoms with Gasteiger partial charge < -0.3 is 9.47 Å². The van der Waals surface area contributed by atoms with Crippen LogP contribution in [0.4, 0.5) is 26.3 Å². The maximum absolute atomic E-state index is 13.7. The van der Waals surface area contributed by atoms with Crippen LogP contribution in [0, 0.1) is 0 Å². The largest absolute Gasteiger partial charge is 0.479 e. The molecular weight excluding hydrogens is 510 g/mol. The van der Waals surface area contributed by atoms with E-state index in [-0.39, 0.29) is 35.0 Å². The van der Waals surface area contributed by atoms with Gasteiger partial charge >= 0.3 is 18.3 Å². The summed E-state index contributed by atoms with van der Waals surface area (Å²) in [4.78, 5) is 20.4. The molecule has 1 atom stereocenters. The van der Waals surface area contributed by atoms with Gasteiger partial charge in [-0.3, -0.25) is 4.68 Å². The van der Waals surface area contributed by atoms with E-state index >= 15 is 0 Å². The average Bonchev–Trinajstić information content (AvgIpc) is 3.49. The van der Waals surface area contributed by atoms with Gasteiger partial charge in [0.25, 0.3) is 5.95 Å². The standard InChI is InChI=1S/C22H18F6N6O3/c1-4-37-19(35)12-8-29-33(10-12)20-31-16-9-30-34(17(16)18(32-20)36-3)11(2)14-7-13(21(23,24)25)5-6-15(14)22(26,27)28/h5-11H,4H2,1-3H3/t11-/m0/s1. The zero-order valence-corrected chi connectivity index (χ0v) is 19.4. The number of carbonyl (C=O) groups excluding carboxylic acids is 1. The van der Waals surface area contributed by atoms with E-state index in [0.717, 1.165) is 9.36 Å². The first kappa shape index (κ1) is 25.9. The molecule has 37 heavy (non-hydrogen) atoms. The Hall–Kier alpha value is -4.17. The van der Waals surface area contributed by atoms with Crippen LogP contribution < -0.4 is 4.74 Å². The Labute approximate surface area is 204 Å². The van der Waals surface area contributed by atoms with Crippen LogP contribution in [0.2, 0.25) is 0 Å². The van der Waals surface area contributed by atoms with Crippen LogP contribution in [0.5, 0.6) is 5.88 Å². The summed E-state index contributed by atoms with van der Waals surface area (Å²) in [6.07, 6.45) is -6.02. The first-order chi connectivity index (χ1) is 17.3. The number of halogens is 6. The predicted octanol–water partition coefficient (Wildman–Crippen LogP) is 4.84. The van der Waals surface area contributed by atoms with Crippen molar-refractivity contribution in [3.63, 3.8) is 0 Å². The predicted molar refractivity (Wildman–Crippen MR) is 115 cm³/mol. The van der Waals surface area contributed by atoms with Crippen LogP contribution in [-0.4, -0.2) is 49.2 Å². The smallest absolute Gasteiger partial charge is 0.416 e. The summed E-state index contributed by atoms with van der Waals surface area (Å²) in [5.41, 5.74) is -2.84. The number of methoxy groups -OCH3 is 1. The Morgan fingerprint density at radius 3 is 2.41 bits per heavy atom. The van der Waals surface area contributed by atoms with E-state index in [9.17, 15) is 31.1 Å². The highest BCUT2D eigenvalue weighted by Gasteiger charge is 2.38. The van der Waals surface area contributed by atoms with Gasteiger partial charge in [0.2, 0.25) is 5.88 Å². The van der Waals surface area contributed by atoms with Gasteiger partial charge in [-0.15, -0.1) is 0 Å². The maximum Gasteiger partial charge on any atom is 0.416 e. The normalized spacial score (nSPS) is 13.1. The van der Waals surface area contributed by atoms with E-state index in [4.69, 9.17) is 9.47 Å². The van der Waals surface area contributed by atoms with Crippen LogP contribution in [0.15, 0.2) is 36.8 Å². The molecule has 0 radical (unpaired) electrons. The monoisotopic (exact) mass is 528 g/mol. The van der Waals surface area contributed by atoms with Crippen LogP contribution >= 0.6 is 0 Å². The number of rotatable bonds is 6. The number of benzene rings is 1. The lowest BCUT2D eigenvalue weighted by Crippen LogP contribution is -2.18. The molecule has 0 amide bonds. The van der Waals surface area contributed by atoms with E-state index in [0.29, 0.717) is 18.2 Å². The van der Waals surface area contributed by atoms with Crippen molar-refractivity contribution < 1.29 is 40.6 Å². The average molecular weight is 528 g/mol. The van der Waals surface area contributed by atoms with E-state index < -0.39 is 41.1 Å². The van der Waals surface area contributed by atoms with Crippen LogP contribution in [0.3, 0.4) is 0 Å². The van der Waals surface area contributed by atoms with E-state index in [1.54, 1.807) is 6.92 Å². The maximum atomic E-state index is 13.7. The van der Waals surface area contributed by atoms with Gasteiger partial charge in [-0.2, -0.15) is 41.5 Å². The van der Waals surface area contributed by atoms with Crippen molar-refractivity contribution in [3.8, 4) is 11.8 Å². The number of fused-ring (bicyclic) bond motifs is 1. The molecule has 1 aromatic carbocycles. The molecule has 0 unspecified atom stereocenters. The molecule has 0 aliphatic rings. The minimum Gasteiger partial charge on any atom is -0.479 e.